The Morgan fingerprint density at radius 1 is 0.897 bits per heavy atom. The van der Waals surface area contributed by atoms with Crippen molar-refractivity contribution in [1.29, 1.82) is 0 Å². The molecule has 0 spiro atoms. The Labute approximate surface area is 173 Å². The van der Waals surface area contributed by atoms with Gasteiger partial charge in [0.05, 0.1) is 16.3 Å². The molecule has 0 atom stereocenters. The Morgan fingerprint density at radius 3 is 2.24 bits per heavy atom. The molecule has 0 radical (unpaired) electrons. The summed E-state index contributed by atoms with van der Waals surface area (Å²) in [7, 11) is -3.66. The van der Waals surface area contributed by atoms with Gasteiger partial charge in [0, 0.05) is 32.1 Å². The van der Waals surface area contributed by atoms with E-state index in [1.807, 2.05) is 0 Å². The van der Waals surface area contributed by atoms with Gasteiger partial charge in [-0.2, -0.15) is 4.31 Å². The molecule has 2 saturated heterocycles. The van der Waals surface area contributed by atoms with E-state index in [1.54, 1.807) is 17.0 Å². The van der Waals surface area contributed by atoms with Gasteiger partial charge in [-0.3, -0.25) is 19.3 Å². The lowest BCUT2D eigenvalue weighted by Gasteiger charge is -2.35. The van der Waals surface area contributed by atoms with Gasteiger partial charge in [0.25, 0.3) is 5.24 Å². The summed E-state index contributed by atoms with van der Waals surface area (Å²) in [5, 5.41) is -0.229. The number of sulfonamides is 1. The third-order valence-electron chi connectivity index (χ3n) is 6.24. The van der Waals surface area contributed by atoms with Crippen LogP contribution >= 0.6 is 11.8 Å². The summed E-state index contributed by atoms with van der Waals surface area (Å²) in [6, 6.07) is 3.20. The van der Waals surface area contributed by atoms with Crippen LogP contribution in [0, 0.1) is 0 Å². The van der Waals surface area contributed by atoms with Crippen LogP contribution in [0.3, 0.4) is 0 Å². The molecule has 5 rings (SSSR count). The van der Waals surface area contributed by atoms with Crippen molar-refractivity contribution in [2.24, 2.45) is 0 Å². The van der Waals surface area contributed by atoms with Gasteiger partial charge >= 0.3 is 0 Å². The molecule has 0 saturated carbocycles. The van der Waals surface area contributed by atoms with Crippen LogP contribution < -0.4 is 4.90 Å². The molecule has 4 aliphatic heterocycles. The van der Waals surface area contributed by atoms with Crippen LogP contribution in [0.15, 0.2) is 17.0 Å². The van der Waals surface area contributed by atoms with Crippen molar-refractivity contribution in [3.05, 3.63) is 23.3 Å². The largest absolute Gasteiger partial charge is 0.312 e. The second-order valence-corrected chi connectivity index (χ2v) is 10.7. The predicted molar refractivity (Wildman–Crippen MR) is 107 cm³/mol. The molecule has 2 fully saturated rings. The zero-order valence-corrected chi connectivity index (χ0v) is 17.4. The fraction of sp³-hybridized carbons (Fsp3) is 0.526. The number of hydrogen-bond acceptors (Lipinski definition) is 6. The highest BCUT2D eigenvalue weighted by molar-refractivity contribution is 8.14. The molecule has 0 N–H and O–H groups in total. The summed E-state index contributed by atoms with van der Waals surface area (Å²) in [5.74, 6) is 0.102. The van der Waals surface area contributed by atoms with Crippen molar-refractivity contribution in [2.45, 2.75) is 43.0 Å². The molecule has 3 amide bonds. The van der Waals surface area contributed by atoms with E-state index in [0.717, 1.165) is 28.6 Å². The Bertz CT molecular complexity index is 1010. The van der Waals surface area contributed by atoms with E-state index in [1.165, 1.54) is 9.21 Å². The SMILES string of the molecule is O=C1CCc2cc(S(=O)(=O)N3CCC(N4C(=O)CSC4=O)CC3)cc3c2N1CC3. The van der Waals surface area contributed by atoms with Crippen LogP contribution in [0.2, 0.25) is 0 Å². The van der Waals surface area contributed by atoms with Crippen molar-refractivity contribution in [1.82, 2.24) is 9.21 Å². The van der Waals surface area contributed by atoms with Crippen LogP contribution in [0.1, 0.15) is 30.4 Å². The first-order chi connectivity index (χ1) is 13.9. The van der Waals surface area contributed by atoms with Gasteiger partial charge in [0.2, 0.25) is 21.8 Å². The third kappa shape index (κ3) is 3.00. The van der Waals surface area contributed by atoms with Gasteiger partial charge in [-0.15, -0.1) is 0 Å². The van der Waals surface area contributed by atoms with E-state index in [0.29, 0.717) is 38.6 Å². The Kier molecular flexibility index (Phi) is 4.48. The van der Waals surface area contributed by atoms with E-state index in [-0.39, 0.29) is 46.8 Å². The van der Waals surface area contributed by atoms with E-state index in [4.69, 9.17) is 0 Å². The van der Waals surface area contributed by atoms with Crippen LogP contribution in [0.5, 0.6) is 0 Å². The zero-order valence-electron chi connectivity index (χ0n) is 15.8. The lowest BCUT2D eigenvalue weighted by atomic mass is 10.00. The number of carbonyl (C=O) groups is 3. The fourth-order valence-corrected chi connectivity index (χ4v) is 7.13. The van der Waals surface area contributed by atoms with Gasteiger partial charge < -0.3 is 4.90 Å². The summed E-state index contributed by atoms with van der Waals surface area (Å²) in [6.45, 7) is 1.18. The summed E-state index contributed by atoms with van der Waals surface area (Å²) >= 11 is 1.01. The lowest BCUT2D eigenvalue weighted by molar-refractivity contribution is -0.126. The number of hydrogen-bond donors (Lipinski definition) is 0. The van der Waals surface area contributed by atoms with E-state index in [9.17, 15) is 22.8 Å². The highest BCUT2D eigenvalue weighted by Gasteiger charge is 2.40. The first-order valence-electron chi connectivity index (χ1n) is 9.81. The second-order valence-electron chi connectivity index (χ2n) is 7.84. The van der Waals surface area contributed by atoms with E-state index < -0.39 is 10.0 Å². The van der Waals surface area contributed by atoms with E-state index >= 15 is 0 Å². The van der Waals surface area contributed by atoms with Gasteiger partial charge in [0.15, 0.2) is 0 Å². The molecule has 0 aliphatic carbocycles. The summed E-state index contributed by atoms with van der Waals surface area (Å²) < 4.78 is 28.0. The van der Waals surface area contributed by atoms with Crippen molar-refractivity contribution in [3.8, 4) is 0 Å². The number of rotatable bonds is 3. The first kappa shape index (κ1) is 19.1. The van der Waals surface area contributed by atoms with Crippen molar-refractivity contribution in [3.63, 3.8) is 0 Å². The smallest absolute Gasteiger partial charge is 0.289 e. The third-order valence-corrected chi connectivity index (χ3v) is 8.95. The zero-order chi connectivity index (χ0) is 20.3. The fourth-order valence-electron chi connectivity index (χ4n) is 4.78. The number of imide groups is 1. The van der Waals surface area contributed by atoms with Gasteiger partial charge in [-0.1, -0.05) is 11.8 Å². The molecule has 4 heterocycles. The maximum Gasteiger partial charge on any atom is 0.289 e. The number of aryl methyl sites for hydroxylation is 1. The summed E-state index contributed by atoms with van der Waals surface area (Å²) in [6.07, 6.45) is 2.57. The molecule has 1 aromatic carbocycles. The minimum Gasteiger partial charge on any atom is -0.312 e. The number of thioether (sulfide) groups is 1. The lowest BCUT2D eigenvalue weighted by Crippen LogP contribution is -2.48. The van der Waals surface area contributed by atoms with Gasteiger partial charge in [0.1, 0.15) is 0 Å². The number of piperidine rings is 1. The molecular formula is C19H21N3O5S2. The Hall–Kier alpha value is -1.91. The minimum atomic E-state index is -3.66. The molecule has 0 unspecified atom stereocenters. The topological polar surface area (TPSA) is 95.1 Å². The summed E-state index contributed by atoms with van der Waals surface area (Å²) in [4.78, 5) is 39.3. The molecule has 8 nitrogen and oxygen atoms in total. The monoisotopic (exact) mass is 435 g/mol. The van der Waals surface area contributed by atoms with Crippen LogP contribution in [0.4, 0.5) is 10.5 Å². The summed E-state index contributed by atoms with van der Waals surface area (Å²) in [5.41, 5.74) is 2.76. The molecule has 29 heavy (non-hydrogen) atoms. The molecule has 4 aliphatic rings. The Morgan fingerprint density at radius 2 is 1.59 bits per heavy atom. The average molecular weight is 436 g/mol. The van der Waals surface area contributed by atoms with Gasteiger partial charge in [-0.05, 0) is 48.9 Å². The predicted octanol–water partition coefficient (Wildman–Crippen LogP) is 1.37. The maximum absolute atomic E-state index is 13.3. The molecule has 0 aromatic heterocycles. The number of nitrogens with zero attached hydrogens (tertiary/aromatic N) is 3. The quantitative estimate of drug-likeness (QED) is 0.712. The minimum absolute atomic E-state index is 0.109. The molecule has 10 heteroatoms. The van der Waals surface area contributed by atoms with Crippen molar-refractivity contribution >= 4 is 44.5 Å². The number of amides is 3. The van der Waals surface area contributed by atoms with Crippen molar-refractivity contribution in [2.75, 3.05) is 30.3 Å². The van der Waals surface area contributed by atoms with E-state index in [2.05, 4.69) is 0 Å². The van der Waals surface area contributed by atoms with Crippen LogP contribution in [0.25, 0.3) is 0 Å². The standard InChI is InChI=1S/C19H21N3O5S2/c23-16-2-1-12-9-15(10-13-3-8-21(16)18(12)13)29(26,27)20-6-4-14(5-7-20)22-17(24)11-28-19(22)25/h9-10,14H,1-8,11H2. The molecular weight excluding hydrogens is 414 g/mol. The number of benzene rings is 1. The maximum atomic E-state index is 13.3. The van der Waals surface area contributed by atoms with Crippen LogP contribution in [-0.2, 0) is 32.5 Å². The average Bonchev–Trinajstić information content (AvgIpc) is 3.29. The molecule has 1 aromatic rings. The second kappa shape index (κ2) is 6.82. The first-order valence-corrected chi connectivity index (χ1v) is 12.2. The normalized spacial score (nSPS) is 23.2. The highest BCUT2D eigenvalue weighted by atomic mass is 32.2. The number of anilines is 1. The van der Waals surface area contributed by atoms with Crippen molar-refractivity contribution < 1.29 is 22.8 Å². The molecule has 154 valence electrons. The molecule has 0 bridgehead atoms. The highest BCUT2D eigenvalue weighted by Crippen LogP contribution is 2.39. The number of carbonyl (C=O) groups excluding carboxylic acids is 3. The van der Waals surface area contributed by atoms with Crippen LogP contribution in [-0.4, -0.2) is 66.1 Å². The van der Waals surface area contributed by atoms with Gasteiger partial charge in [-0.25, -0.2) is 8.42 Å². The Balaban J connectivity index is 1.37.